The molecule has 1 saturated carbocycles. The maximum absolute atomic E-state index is 13.2. The Labute approximate surface area is 115 Å². The molecule has 1 aliphatic carbocycles. The molecule has 100 valence electrons. The largest absolute Gasteiger partial charge is 0.393 e. The maximum Gasteiger partial charge on any atom is 0.123 e. The van der Waals surface area contributed by atoms with Crippen LogP contribution in [0, 0.1) is 5.82 Å². The Morgan fingerprint density at radius 2 is 2.22 bits per heavy atom. The Morgan fingerprint density at radius 3 is 2.78 bits per heavy atom. The summed E-state index contributed by atoms with van der Waals surface area (Å²) in [4.78, 5) is 0. The molecular formula is C14H18BrFO2. The van der Waals surface area contributed by atoms with Crippen LogP contribution >= 0.6 is 15.9 Å². The quantitative estimate of drug-likeness (QED) is 0.901. The molecule has 0 aromatic heterocycles. The van der Waals surface area contributed by atoms with Crippen molar-refractivity contribution in [1.82, 2.24) is 0 Å². The lowest BCUT2D eigenvalue weighted by Crippen LogP contribution is -2.42. The molecule has 0 bridgehead atoms. The topological polar surface area (TPSA) is 29.5 Å². The number of halogens is 2. The van der Waals surface area contributed by atoms with Crippen molar-refractivity contribution in [3.05, 3.63) is 34.1 Å². The molecule has 1 N–H and O–H groups in total. The van der Waals surface area contributed by atoms with Crippen LogP contribution in [0.3, 0.4) is 0 Å². The zero-order valence-electron chi connectivity index (χ0n) is 10.5. The van der Waals surface area contributed by atoms with Gasteiger partial charge in [-0.1, -0.05) is 15.9 Å². The molecule has 2 nitrogen and oxygen atoms in total. The second kappa shape index (κ2) is 5.68. The van der Waals surface area contributed by atoms with E-state index in [-0.39, 0.29) is 11.4 Å². The summed E-state index contributed by atoms with van der Waals surface area (Å²) < 4.78 is 19.5. The highest BCUT2D eigenvalue weighted by Crippen LogP contribution is 2.39. The number of methoxy groups -OCH3 is 1. The van der Waals surface area contributed by atoms with E-state index in [1.54, 1.807) is 13.2 Å². The van der Waals surface area contributed by atoms with Crippen LogP contribution in [-0.4, -0.2) is 23.9 Å². The first-order chi connectivity index (χ1) is 8.54. The standard InChI is InChI=1S/C14H18BrFO2/c1-18-14(5-2-6-14)9-12(17)8-10-7-11(16)3-4-13(10)15/h3-4,7,12,17H,2,5-6,8-9H2,1H3. The van der Waals surface area contributed by atoms with Crippen molar-refractivity contribution in [2.45, 2.75) is 43.8 Å². The van der Waals surface area contributed by atoms with E-state index < -0.39 is 6.10 Å². The van der Waals surface area contributed by atoms with Crippen molar-refractivity contribution in [1.29, 1.82) is 0 Å². The van der Waals surface area contributed by atoms with Gasteiger partial charge in [-0.15, -0.1) is 0 Å². The van der Waals surface area contributed by atoms with Crippen LogP contribution in [-0.2, 0) is 11.2 Å². The lowest BCUT2D eigenvalue weighted by atomic mass is 9.75. The molecule has 18 heavy (non-hydrogen) atoms. The number of rotatable bonds is 5. The van der Waals surface area contributed by atoms with Crippen molar-refractivity contribution in [2.24, 2.45) is 0 Å². The van der Waals surface area contributed by atoms with Gasteiger partial charge in [0, 0.05) is 18.0 Å². The van der Waals surface area contributed by atoms with Crippen LogP contribution in [0.5, 0.6) is 0 Å². The van der Waals surface area contributed by atoms with Crippen LogP contribution in [0.1, 0.15) is 31.2 Å². The molecule has 1 fully saturated rings. The van der Waals surface area contributed by atoms with Gasteiger partial charge in [0.2, 0.25) is 0 Å². The van der Waals surface area contributed by atoms with Crippen LogP contribution < -0.4 is 0 Å². The first-order valence-electron chi connectivity index (χ1n) is 6.22. The predicted molar refractivity (Wildman–Crippen MR) is 72.0 cm³/mol. The molecule has 1 unspecified atom stereocenters. The molecule has 1 aliphatic rings. The fourth-order valence-electron chi connectivity index (χ4n) is 2.52. The van der Waals surface area contributed by atoms with Crippen molar-refractivity contribution >= 4 is 15.9 Å². The average molecular weight is 317 g/mol. The third-order valence-electron chi connectivity index (χ3n) is 3.77. The van der Waals surface area contributed by atoms with E-state index in [4.69, 9.17) is 4.74 Å². The average Bonchev–Trinajstić information content (AvgIpc) is 2.28. The zero-order chi connectivity index (χ0) is 13.2. The highest BCUT2D eigenvalue weighted by molar-refractivity contribution is 9.10. The SMILES string of the molecule is COC1(CC(O)Cc2cc(F)ccc2Br)CCC1. The number of hydrogen-bond acceptors (Lipinski definition) is 2. The molecule has 1 aromatic rings. The third-order valence-corrected chi connectivity index (χ3v) is 4.54. The van der Waals surface area contributed by atoms with E-state index >= 15 is 0 Å². The van der Waals surface area contributed by atoms with Gasteiger partial charge in [0.25, 0.3) is 0 Å². The van der Waals surface area contributed by atoms with Gasteiger partial charge in [-0.05, 0) is 49.4 Å². The summed E-state index contributed by atoms with van der Waals surface area (Å²) in [6.45, 7) is 0. The maximum atomic E-state index is 13.2. The fraction of sp³-hybridized carbons (Fsp3) is 0.571. The summed E-state index contributed by atoms with van der Waals surface area (Å²) in [5.74, 6) is -0.273. The Kier molecular flexibility index (Phi) is 4.41. The second-order valence-corrected chi connectivity index (χ2v) is 5.89. The third kappa shape index (κ3) is 3.11. The molecule has 0 amide bonds. The monoisotopic (exact) mass is 316 g/mol. The van der Waals surface area contributed by atoms with Crippen LogP contribution in [0.2, 0.25) is 0 Å². The van der Waals surface area contributed by atoms with Crippen molar-refractivity contribution in [2.75, 3.05) is 7.11 Å². The zero-order valence-corrected chi connectivity index (χ0v) is 12.0. The first kappa shape index (κ1) is 14.0. The summed E-state index contributed by atoms with van der Waals surface area (Å²) in [5, 5.41) is 10.1. The van der Waals surface area contributed by atoms with Gasteiger partial charge in [0.05, 0.1) is 11.7 Å². The minimum atomic E-state index is -0.497. The fourth-order valence-corrected chi connectivity index (χ4v) is 2.93. The molecule has 4 heteroatoms. The predicted octanol–water partition coefficient (Wildman–Crippen LogP) is 3.45. The van der Waals surface area contributed by atoms with Crippen molar-refractivity contribution in [3.63, 3.8) is 0 Å². The molecule has 1 aromatic carbocycles. The summed E-state index contributed by atoms with van der Waals surface area (Å²) in [6.07, 6.45) is 3.74. The summed E-state index contributed by atoms with van der Waals surface area (Å²) in [5.41, 5.74) is 0.646. The Bertz CT molecular complexity index is 413. The van der Waals surface area contributed by atoms with Gasteiger partial charge in [0.15, 0.2) is 0 Å². The first-order valence-corrected chi connectivity index (χ1v) is 7.01. The molecule has 0 radical (unpaired) electrons. The Hall–Kier alpha value is -0.450. The molecule has 0 heterocycles. The van der Waals surface area contributed by atoms with Gasteiger partial charge in [-0.3, -0.25) is 0 Å². The minimum absolute atomic E-state index is 0.154. The molecule has 2 rings (SSSR count). The number of aliphatic hydroxyl groups excluding tert-OH is 1. The molecule has 1 atom stereocenters. The van der Waals surface area contributed by atoms with Crippen LogP contribution in [0.25, 0.3) is 0 Å². The molecule has 0 aliphatic heterocycles. The van der Waals surface area contributed by atoms with Crippen LogP contribution in [0.15, 0.2) is 22.7 Å². The lowest BCUT2D eigenvalue weighted by molar-refractivity contribution is -0.0989. The summed E-state index contributed by atoms with van der Waals surface area (Å²) in [6, 6.07) is 4.54. The van der Waals surface area contributed by atoms with E-state index in [1.807, 2.05) is 0 Å². The van der Waals surface area contributed by atoms with Gasteiger partial charge in [0.1, 0.15) is 5.82 Å². The lowest BCUT2D eigenvalue weighted by Gasteiger charge is -2.41. The van der Waals surface area contributed by atoms with Crippen molar-refractivity contribution in [3.8, 4) is 0 Å². The van der Waals surface area contributed by atoms with Gasteiger partial charge < -0.3 is 9.84 Å². The van der Waals surface area contributed by atoms with E-state index in [0.717, 1.165) is 29.3 Å². The summed E-state index contributed by atoms with van der Waals surface area (Å²) >= 11 is 3.38. The minimum Gasteiger partial charge on any atom is -0.393 e. The Morgan fingerprint density at radius 1 is 1.50 bits per heavy atom. The van der Waals surface area contributed by atoms with E-state index in [9.17, 15) is 9.50 Å². The highest BCUT2D eigenvalue weighted by Gasteiger charge is 2.38. The molecular weight excluding hydrogens is 299 g/mol. The van der Waals surface area contributed by atoms with Gasteiger partial charge in [-0.2, -0.15) is 0 Å². The van der Waals surface area contributed by atoms with Gasteiger partial charge in [-0.25, -0.2) is 4.39 Å². The van der Waals surface area contributed by atoms with E-state index in [1.165, 1.54) is 12.1 Å². The number of benzene rings is 1. The summed E-state index contributed by atoms with van der Waals surface area (Å²) in [7, 11) is 1.70. The number of hydrogen-bond donors (Lipinski definition) is 1. The number of aliphatic hydroxyl groups is 1. The number of ether oxygens (including phenoxy) is 1. The second-order valence-electron chi connectivity index (χ2n) is 5.04. The smallest absolute Gasteiger partial charge is 0.123 e. The molecule has 0 saturated heterocycles. The van der Waals surface area contributed by atoms with Gasteiger partial charge >= 0.3 is 0 Å². The Balaban J connectivity index is 1.98. The van der Waals surface area contributed by atoms with E-state index in [0.29, 0.717) is 12.8 Å². The normalized spacial score (nSPS) is 19.3. The molecule has 0 spiro atoms. The van der Waals surface area contributed by atoms with Crippen LogP contribution in [0.4, 0.5) is 4.39 Å². The van der Waals surface area contributed by atoms with Crippen molar-refractivity contribution < 1.29 is 14.2 Å². The van der Waals surface area contributed by atoms with E-state index in [2.05, 4.69) is 15.9 Å². The highest BCUT2D eigenvalue weighted by atomic mass is 79.9.